The number of phenols is 1. The highest BCUT2D eigenvalue weighted by Crippen LogP contribution is 2.22. The van der Waals surface area contributed by atoms with Gasteiger partial charge in [-0.05, 0) is 42.8 Å². The van der Waals surface area contributed by atoms with Gasteiger partial charge in [-0.2, -0.15) is 0 Å². The van der Waals surface area contributed by atoms with Gasteiger partial charge in [0, 0.05) is 38.3 Å². The smallest absolute Gasteiger partial charge is 0.253 e. The van der Waals surface area contributed by atoms with Gasteiger partial charge in [0.1, 0.15) is 11.5 Å². The molecule has 0 unspecified atom stereocenters. The van der Waals surface area contributed by atoms with E-state index in [1.807, 2.05) is 31.2 Å². The van der Waals surface area contributed by atoms with Crippen LogP contribution in [0, 0.1) is 0 Å². The minimum atomic E-state index is -0.0249. The minimum Gasteiger partial charge on any atom is -0.508 e. The first-order chi connectivity index (χ1) is 13.4. The highest BCUT2D eigenvalue weighted by atomic mass is 16.5. The van der Waals surface area contributed by atoms with E-state index in [1.54, 1.807) is 44.3 Å². The molecule has 2 aromatic carbocycles. The number of nitrogens with one attached hydrogen (secondary N) is 2. The number of benzene rings is 2. The van der Waals surface area contributed by atoms with E-state index in [0.717, 1.165) is 11.1 Å². The Labute approximate surface area is 166 Å². The molecule has 2 aromatic rings. The maximum atomic E-state index is 11.9. The van der Waals surface area contributed by atoms with E-state index in [2.05, 4.69) is 15.6 Å². The first-order valence-corrected chi connectivity index (χ1v) is 9.13. The van der Waals surface area contributed by atoms with E-state index >= 15 is 0 Å². The van der Waals surface area contributed by atoms with Crippen molar-refractivity contribution in [2.24, 2.45) is 4.99 Å². The van der Waals surface area contributed by atoms with E-state index in [1.165, 1.54) is 0 Å². The molecule has 0 fully saturated rings. The fourth-order valence-corrected chi connectivity index (χ4v) is 2.53. The standard InChI is InChI=1S/C21H28N4O3/c1-5-22-21(24-14-17-12-18(28-4)10-11-19(17)26)23-13-15-6-8-16(9-7-15)20(27)25(2)3/h6-12,26H,5,13-14H2,1-4H3,(H2,22,23,24). The molecule has 0 spiro atoms. The van der Waals surface area contributed by atoms with E-state index in [-0.39, 0.29) is 11.7 Å². The van der Waals surface area contributed by atoms with Crippen molar-refractivity contribution in [3.63, 3.8) is 0 Å². The fourth-order valence-electron chi connectivity index (χ4n) is 2.53. The SMILES string of the molecule is CCNC(=NCc1ccc(C(=O)N(C)C)cc1)NCc1cc(OC)ccc1O. The molecular weight excluding hydrogens is 356 g/mol. The molecule has 0 saturated heterocycles. The zero-order valence-electron chi connectivity index (χ0n) is 16.8. The summed E-state index contributed by atoms with van der Waals surface area (Å²) in [4.78, 5) is 18.1. The zero-order valence-corrected chi connectivity index (χ0v) is 16.8. The van der Waals surface area contributed by atoms with Gasteiger partial charge >= 0.3 is 0 Å². The predicted octanol–water partition coefficient (Wildman–Crippen LogP) is 2.36. The number of amides is 1. The lowest BCUT2D eigenvalue weighted by Crippen LogP contribution is -2.36. The highest BCUT2D eigenvalue weighted by molar-refractivity contribution is 5.93. The molecule has 0 atom stereocenters. The molecule has 0 heterocycles. The number of ether oxygens (including phenoxy) is 1. The molecule has 0 aromatic heterocycles. The van der Waals surface area contributed by atoms with Gasteiger partial charge in [0.2, 0.25) is 0 Å². The molecule has 28 heavy (non-hydrogen) atoms. The van der Waals surface area contributed by atoms with Crippen LogP contribution in [0.3, 0.4) is 0 Å². The lowest BCUT2D eigenvalue weighted by atomic mass is 10.1. The number of phenolic OH excluding ortho intramolecular Hbond substituents is 1. The number of carbonyl (C=O) groups excluding carboxylic acids is 1. The molecule has 0 saturated carbocycles. The summed E-state index contributed by atoms with van der Waals surface area (Å²) in [6.45, 7) is 3.58. The molecule has 0 aliphatic rings. The van der Waals surface area contributed by atoms with Crippen molar-refractivity contribution >= 4 is 11.9 Å². The normalized spacial score (nSPS) is 11.1. The van der Waals surface area contributed by atoms with E-state index in [4.69, 9.17) is 4.74 Å². The molecular formula is C21H28N4O3. The summed E-state index contributed by atoms with van der Waals surface area (Å²) in [5, 5.41) is 16.4. The van der Waals surface area contributed by atoms with Gasteiger partial charge in [0.15, 0.2) is 5.96 Å². The van der Waals surface area contributed by atoms with Gasteiger partial charge in [-0.15, -0.1) is 0 Å². The maximum absolute atomic E-state index is 11.9. The molecule has 0 radical (unpaired) electrons. The number of methoxy groups -OCH3 is 1. The molecule has 7 heteroatoms. The Morgan fingerprint density at radius 1 is 1.14 bits per heavy atom. The quantitative estimate of drug-likeness (QED) is 0.504. The van der Waals surface area contributed by atoms with Crippen LogP contribution in [0.5, 0.6) is 11.5 Å². The second-order valence-corrected chi connectivity index (χ2v) is 6.44. The third-order valence-corrected chi connectivity index (χ3v) is 4.10. The number of aliphatic imine (C=N–C) groups is 1. The lowest BCUT2D eigenvalue weighted by molar-refractivity contribution is 0.0827. The Hall–Kier alpha value is -3.22. The number of guanidine groups is 1. The number of aromatic hydroxyl groups is 1. The second kappa shape index (κ2) is 10.2. The fraction of sp³-hybridized carbons (Fsp3) is 0.333. The van der Waals surface area contributed by atoms with Gasteiger partial charge in [0.05, 0.1) is 13.7 Å². The van der Waals surface area contributed by atoms with Crippen molar-refractivity contribution in [3.05, 3.63) is 59.2 Å². The van der Waals surface area contributed by atoms with Crippen molar-refractivity contribution in [2.45, 2.75) is 20.0 Å². The predicted molar refractivity (Wildman–Crippen MR) is 111 cm³/mol. The molecule has 150 valence electrons. The van der Waals surface area contributed by atoms with Crippen LogP contribution in [-0.2, 0) is 13.1 Å². The molecule has 0 aliphatic heterocycles. The molecule has 3 N–H and O–H groups in total. The van der Waals surface area contributed by atoms with Crippen LogP contribution >= 0.6 is 0 Å². The minimum absolute atomic E-state index is 0.0249. The maximum Gasteiger partial charge on any atom is 0.253 e. The highest BCUT2D eigenvalue weighted by Gasteiger charge is 2.08. The third kappa shape index (κ3) is 5.90. The Bertz CT molecular complexity index is 817. The van der Waals surface area contributed by atoms with Gasteiger partial charge < -0.3 is 25.4 Å². The average molecular weight is 384 g/mol. The number of rotatable bonds is 7. The van der Waals surface area contributed by atoms with E-state index < -0.39 is 0 Å². The summed E-state index contributed by atoms with van der Waals surface area (Å²) in [5.74, 6) is 1.50. The number of hydrogen-bond acceptors (Lipinski definition) is 4. The van der Waals surface area contributed by atoms with Crippen LogP contribution in [0.2, 0.25) is 0 Å². The lowest BCUT2D eigenvalue weighted by Gasteiger charge is -2.13. The Morgan fingerprint density at radius 2 is 1.86 bits per heavy atom. The van der Waals surface area contributed by atoms with Crippen molar-refractivity contribution in [2.75, 3.05) is 27.7 Å². The monoisotopic (exact) mass is 384 g/mol. The summed E-state index contributed by atoms with van der Waals surface area (Å²) in [7, 11) is 5.05. The van der Waals surface area contributed by atoms with Crippen molar-refractivity contribution in [3.8, 4) is 11.5 Å². The van der Waals surface area contributed by atoms with E-state index in [9.17, 15) is 9.90 Å². The van der Waals surface area contributed by atoms with Crippen LogP contribution in [0.25, 0.3) is 0 Å². The van der Waals surface area contributed by atoms with Gasteiger partial charge in [-0.3, -0.25) is 4.79 Å². The van der Waals surface area contributed by atoms with Crippen LogP contribution in [-0.4, -0.2) is 49.6 Å². The van der Waals surface area contributed by atoms with Crippen molar-refractivity contribution in [1.29, 1.82) is 0 Å². The van der Waals surface area contributed by atoms with Gasteiger partial charge in [-0.1, -0.05) is 12.1 Å². The van der Waals surface area contributed by atoms with Gasteiger partial charge in [0.25, 0.3) is 5.91 Å². The first-order valence-electron chi connectivity index (χ1n) is 9.13. The third-order valence-electron chi connectivity index (χ3n) is 4.10. The van der Waals surface area contributed by atoms with Crippen LogP contribution < -0.4 is 15.4 Å². The molecule has 1 amide bonds. The molecule has 0 bridgehead atoms. The van der Waals surface area contributed by atoms with Crippen molar-refractivity contribution in [1.82, 2.24) is 15.5 Å². The average Bonchev–Trinajstić information content (AvgIpc) is 2.70. The topological polar surface area (TPSA) is 86.2 Å². The molecule has 7 nitrogen and oxygen atoms in total. The Morgan fingerprint density at radius 3 is 2.46 bits per heavy atom. The van der Waals surface area contributed by atoms with E-state index in [0.29, 0.717) is 36.9 Å². The summed E-state index contributed by atoms with van der Waals surface area (Å²) in [5.41, 5.74) is 2.37. The number of nitrogens with zero attached hydrogens (tertiary/aromatic N) is 2. The number of hydrogen-bond donors (Lipinski definition) is 3. The summed E-state index contributed by atoms with van der Waals surface area (Å²) < 4.78 is 5.20. The van der Waals surface area contributed by atoms with Crippen LogP contribution in [0.1, 0.15) is 28.4 Å². The Kier molecular flexibility index (Phi) is 7.68. The van der Waals surface area contributed by atoms with Crippen molar-refractivity contribution < 1.29 is 14.6 Å². The van der Waals surface area contributed by atoms with Gasteiger partial charge in [-0.25, -0.2) is 4.99 Å². The molecule has 0 aliphatic carbocycles. The summed E-state index contributed by atoms with van der Waals surface area (Å²) in [6.07, 6.45) is 0. The van der Waals surface area contributed by atoms with Crippen LogP contribution in [0.15, 0.2) is 47.5 Å². The second-order valence-electron chi connectivity index (χ2n) is 6.44. The summed E-state index contributed by atoms with van der Waals surface area (Å²) in [6, 6.07) is 12.5. The largest absolute Gasteiger partial charge is 0.508 e. The first kappa shape index (κ1) is 21.1. The Balaban J connectivity index is 2.03. The number of carbonyl (C=O) groups is 1. The van der Waals surface area contributed by atoms with Crippen LogP contribution in [0.4, 0.5) is 0 Å². The zero-order chi connectivity index (χ0) is 20.5. The molecule has 2 rings (SSSR count). The summed E-state index contributed by atoms with van der Waals surface area (Å²) >= 11 is 0.